The number of para-hydroxylation sites is 2. The molecule has 26 nitrogen and oxygen atoms in total. The molecule has 1 amide bonds. The smallest absolute Gasteiger partial charge is 0.394 e. The lowest BCUT2D eigenvalue weighted by Crippen LogP contribution is -2.53. The van der Waals surface area contributed by atoms with Crippen LogP contribution >= 0.6 is 41.4 Å². The number of ketones is 1. The van der Waals surface area contributed by atoms with Crippen molar-refractivity contribution in [2.24, 2.45) is 0 Å². The summed E-state index contributed by atoms with van der Waals surface area (Å²) in [6.45, 7) is -2.57. The van der Waals surface area contributed by atoms with Crippen molar-refractivity contribution in [2.45, 2.75) is 124 Å². The molecule has 101 heavy (non-hydrogen) atoms. The lowest BCUT2D eigenvalue weighted by Gasteiger charge is -2.44. The molecule has 0 saturated carbocycles. The molecule has 4 aliphatic heterocycles. The van der Waals surface area contributed by atoms with Crippen LogP contribution in [0.1, 0.15) is 69.0 Å². The number of aliphatic hydroxyl groups is 1. The zero-order chi connectivity index (χ0) is 71.2. The highest BCUT2D eigenvalue weighted by Crippen LogP contribution is 2.66. The Balaban J connectivity index is 0.935. The summed E-state index contributed by atoms with van der Waals surface area (Å²) in [6, 6.07) is 34.0. The van der Waals surface area contributed by atoms with Gasteiger partial charge in [-0.05, 0) is 79.3 Å². The van der Waals surface area contributed by atoms with Gasteiger partial charge in [0.25, 0.3) is 11.4 Å². The summed E-state index contributed by atoms with van der Waals surface area (Å²) in [5.74, 6) is -6.09. The normalized spacial score (nSPS) is 22.4. The number of anilines is 3. The molecular formula is C69H72Cl2F2N9O17PS. The minimum absolute atomic E-state index is 0.000211. The predicted octanol–water partition coefficient (Wildman–Crippen LogP) is 10.7. The second kappa shape index (κ2) is 31.7. The SMILES string of the molecule is COC1(O[C@@H]2[C@H](OC(=O)CCC(C)=O)[C@@H](COP(=O)(O[C@H]3[C@@H](OC4(OC)CCN(c5ccccc5F)CC4)[C@H](n4cnc5c(Oc6cc(Cl)ccc6Cl)nc(NC(=O)Cc6ccccc6)nc54)O[C@@H]3CO)Sc3ccc(C)cc3)O[C@H]2n2ccc(=O)[nH]c2=O)CCN(c2ccccc2F)CC1. The number of hydrogen-bond acceptors (Lipinski definition) is 23. The van der Waals surface area contributed by atoms with E-state index in [0.717, 1.165) is 22.4 Å². The molecule has 4 saturated heterocycles. The van der Waals surface area contributed by atoms with E-state index in [0.29, 0.717) is 33.2 Å². The number of carbonyl (C=O) groups excluding carboxylic acids is 3. The van der Waals surface area contributed by atoms with Gasteiger partial charge in [0.2, 0.25) is 11.9 Å². The average Bonchev–Trinajstić information content (AvgIpc) is 1.62. The number of Topliss-reactive ketones (excluding diaryl/α,β-unsaturated/α-hetero) is 1. The minimum Gasteiger partial charge on any atom is -0.456 e. The molecule has 534 valence electrons. The molecule has 0 aliphatic carbocycles. The number of benzene rings is 5. The highest BCUT2D eigenvalue weighted by Gasteiger charge is 2.57. The third kappa shape index (κ3) is 16.9. The number of esters is 1. The molecule has 8 aromatic rings. The van der Waals surface area contributed by atoms with Crippen molar-refractivity contribution in [3.05, 3.63) is 194 Å². The van der Waals surface area contributed by atoms with Crippen molar-refractivity contribution in [1.29, 1.82) is 0 Å². The number of imidazole rings is 1. The number of nitrogens with one attached hydrogen (secondary N) is 2. The van der Waals surface area contributed by atoms with Gasteiger partial charge in [-0.1, -0.05) is 95.5 Å². The Morgan fingerprint density at radius 2 is 1.36 bits per heavy atom. The van der Waals surface area contributed by atoms with Crippen LogP contribution in [-0.2, 0) is 67.6 Å². The fourth-order valence-electron chi connectivity index (χ4n) is 12.5. The van der Waals surface area contributed by atoms with E-state index in [9.17, 15) is 29.1 Å². The predicted molar refractivity (Wildman–Crippen MR) is 367 cm³/mol. The Labute approximate surface area is 591 Å². The highest BCUT2D eigenvalue weighted by molar-refractivity contribution is 8.55. The van der Waals surface area contributed by atoms with Crippen LogP contribution in [-0.4, -0.2) is 154 Å². The Kier molecular flexibility index (Phi) is 22.8. The molecule has 5 aromatic carbocycles. The van der Waals surface area contributed by atoms with E-state index in [-0.39, 0.29) is 109 Å². The van der Waals surface area contributed by atoms with Gasteiger partial charge in [0.1, 0.15) is 53.7 Å². The molecular weight excluding hydrogens is 1400 g/mol. The molecule has 9 atom stereocenters. The summed E-state index contributed by atoms with van der Waals surface area (Å²) in [5, 5.41) is 14.8. The molecule has 4 aliphatic rings. The van der Waals surface area contributed by atoms with Crippen LogP contribution in [0, 0.1) is 18.6 Å². The summed E-state index contributed by atoms with van der Waals surface area (Å²) >= 11 is 13.7. The van der Waals surface area contributed by atoms with Gasteiger partial charge < -0.3 is 57.6 Å². The number of amides is 1. The highest BCUT2D eigenvalue weighted by atomic mass is 35.5. The second-order valence-corrected chi connectivity index (χ2v) is 29.3. The van der Waals surface area contributed by atoms with Gasteiger partial charge in [-0.25, -0.2) is 23.1 Å². The summed E-state index contributed by atoms with van der Waals surface area (Å²) in [6.07, 6.45) is -10.1. The van der Waals surface area contributed by atoms with Gasteiger partial charge in [-0.2, -0.15) is 9.97 Å². The van der Waals surface area contributed by atoms with Crippen molar-refractivity contribution in [3.8, 4) is 11.6 Å². The molecule has 7 heterocycles. The standard InChI is InChI=1S/C69H72Cl2F2N9O17PS/c1-41-18-22-45(23-19-41)101-100(89,92-39-53-58(96-56(87)25-20-42(2)84)60(64(95-53)81-31-26-54(85)76-67(81)88)97-68(90-3)27-32-79(33-28-68)49-16-10-8-14-47(49)72)99-59-52(38-83)94-65(61(59)98-69(91-4)29-34-80(35-30-69)50-17-11-9-15-48(50)73)82-40-74-57-62(82)77-66(75-55(86)36-43-12-6-5-7-13-43)78-63(57)93-51-37-44(70)21-24-46(51)71/h5-19,21-24,26,31,37,40,52-53,58-61,64-65,83H,20,25,27-30,32-36,38-39H2,1-4H3,(H,76,85,88)(H,75,77,78,86)/t52-,53-,58-,59-,60-,61-,64-,65-,100?/m1/s1. The third-order valence-electron chi connectivity index (χ3n) is 17.8. The number of carbonyl (C=O) groups is 3. The monoisotopic (exact) mass is 1470 g/mol. The molecule has 3 aromatic heterocycles. The fourth-order valence-corrected chi connectivity index (χ4v) is 16.3. The van der Waals surface area contributed by atoms with Crippen LogP contribution in [0.3, 0.4) is 0 Å². The molecule has 12 rings (SSSR count). The first-order valence-electron chi connectivity index (χ1n) is 32.4. The summed E-state index contributed by atoms with van der Waals surface area (Å²) in [4.78, 5) is 87.1. The van der Waals surface area contributed by atoms with Crippen LogP contribution in [0.15, 0.2) is 154 Å². The van der Waals surface area contributed by atoms with Crippen molar-refractivity contribution < 1.29 is 79.8 Å². The number of piperidine rings is 2. The van der Waals surface area contributed by atoms with Crippen LogP contribution < -0.4 is 31.1 Å². The van der Waals surface area contributed by atoms with E-state index in [1.165, 1.54) is 56.3 Å². The first kappa shape index (κ1) is 72.8. The summed E-state index contributed by atoms with van der Waals surface area (Å²) < 4.78 is 116. The van der Waals surface area contributed by atoms with E-state index < -0.39 is 122 Å². The fraction of sp³-hybridized carbons (Fsp3) is 0.391. The van der Waals surface area contributed by atoms with Gasteiger partial charge >= 0.3 is 18.5 Å². The lowest BCUT2D eigenvalue weighted by atomic mass is 10.0. The van der Waals surface area contributed by atoms with Crippen molar-refractivity contribution in [1.82, 2.24) is 29.1 Å². The maximum absolute atomic E-state index is 16.6. The van der Waals surface area contributed by atoms with Gasteiger partial charge in [-0.15, -0.1) is 0 Å². The number of ether oxygens (including phenoxy) is 8. The number of methoxy groups -OCH3 is 2. The zero-order valence-electron chi connectivity index (χ0n) is 55.1. The number of nitrogens with zero attached hydrogens (tertiary/aromatic N) is 7. The first-order chi connectivity index (χ1) is 48.6. The topological polar surface area (TPSA) is 298 Å². The minimum atomic E-state index is -4.92. The van der Waals surface area contributed by atoms with Crippen LogP contribution in [0.4, 0.5) is 26.1 Å². The molecule has 0 bridgehead atoms. The van der Waals surface area contributed by atoms with E-state index in [2.05, 4.69) is 15.3 Å². The van der Waals surface area contributed by atoms with Crippen LogP contribution in [0.5, 0.6) is 11.6 Å². The number of H-pyrrole nitrogens is 1. The number of aliphatic hydroxyl groups excluding tert-OH is 1. The van der Waals surface area contributed by atoms with Crippen LogP contribution in [0.25, 0.3) is 11.2 Å². The number of aromatic nitrogens is 6. The number of aromatic amines is 1. The van der Waals surface area contributed by atoms with E-state index >= 15 is 13.3 Å². The van der Waals surface area contributed by atoms with Gasteiger partial charge in [-0.3, -0.25) is 42.9 Å². The Morgan fingerprint density at radius 1 is 0.752 bits per heavy atom. The van der Waals surface area contributed by atoms with E-state index in [4.69, 9.17) is 80.1 Å². The number of aryl methyl sites for hydroxylation is 1. The molecule has 4 fully saturated rings. The zero-order valence-corrected chi connectivity index (χ0v) is 58.3. The first-order valence-corrected chi connectivity index (χ1v) is 36.1. The largest absolute Gasteiger partial charge is 0.456 e. The number of rotatable bonds is 27. The van der Waals surface area contributed by atoms with Crippen LogP contribution in [0.2, 0.25) is 10.0 Å². The number of fused-ring (bicyclic) bond motifs is 1. The van der Waals surface area contributed by atoms with Gasteiger partial charge in [0.05, 0.1) is 48.8 Å². The van der Waals surface area contributed by atoms with Gasteiger partial charge in [0.15, 0.2) is 41.3 Å². The molecule has 0 radical (unpaired) electrons. The van der Waals surface area contributed by atoms with Crippen molar-refractivity contribution >= 4 is 87.5 Å². The van der Waals surface area contributed by atoms with Gasteiger partial charge in [0, 0.05) is 101 Å². The van der Waals surface area contributed by atoms with Crippen molar-refractivity contribution in [2.75, 3.05) is 68.7 Å². The quantitative estimate of drug-likeness (QED) is 0.0245. The average molecular weight is 1470 g/mol. The molecule has 1 unspecified atom stereocenters. The molecule has 3 N–H and O–H groups in total. The maximum atomic E-state index is 16.6. The van der Waals surface area contributed by atoms with E-state index in [1.54, 1.807) is 91.0 Å². The summed E-state index contributed by atoms with van der Waals surface area (Å²) in [5.41, 5.74) is 0.470. The molecule has 32 heteroatoms. The number of hydrogen-bond donors (Lipinski definition) is 3. The second-order valence-electron chi connectivity index (χ2n) is 24.5. The number of halogens is 4. The Morgan fingerprint density at radius 3 is 1.96 bits per heavy atom. The lowest BCUT2D eigenvalue weighted by molar-refractivity contribution is -0.277. The molecule has 0 spiro atoms. The Hall–Kier alpha value is -8.00. The third-order valence-corrected chi connectivity index (χ3v) is 21.9. The van der Waals surface area contributed by atoms with E-state index in [1.807, 2.05) is 22.8 Å². The Bertz CT molecular complexity index is 4460. The van der Waals surface area contributed by atoms with Crippen molar-refractivity contribution in [3.63, 3.8) is 0 Å². The summed E-state index contributed by atoms with van der Waals surface area (Å²) in [7, 11) is 2.83. The maximum Gasteiger partial charge on any atom is 0.394 e.